The molecule has 0 aliphatic carbocycles. The molecule has 0 bridgehead atoms. The van der Waals surface area contributed by atoms with Gasteiger partial charge in [0.1, 0.15) is 5.82 Å². The van der Waals surface area contributed by atoms with Gasteiger partial charge in [-0.3, -0.25) is 0 Å². The Kier molecular flexibility index (Phi) is 5.33. The second kappa shape index (κ2) is 8.04. The van der Waals surface area contributed by atoms with Crippen molar-refractivity contribution in [3.05, 3.63) is 36.3 Å². The fraction of sp³-hybridized carbons (Fsp3) is 0.526. The maximum absolute atomic E-state index is 14.0. The highest BCUT2D eigenvalue weighted by Crippen LogP contribution is 2.22. The molecule has 0 N–H and O–H groups in total. The number of para-hydroxylation sites is 1. The lowest BCUT2D eigenvalue weighted by Gasteiger charge is -2.37. The Morgan fingerprint density at radius 2 is 1.56 bits per heavy atom. The summed E-state index contributed by atoms with van der Waals surface area (Å²) in [5.41, 5.74) is 0.665. The molecule has 0 amide bonds. The summed E-state index contributed by atoms with van der Waals surface area (Å²) < 4.78 is 14.0. The van der Waals surface area contributed by atoms with Crippen LogP contribution in [0, 0.1) is 5.82 Å². The van der Waals surface area contributed by atoms with Crippen LogP contribution in [0.4, 0.5) is 21.8 Å². The van der Waals surface area contributed by atoms with Crippen LogP contribution in [-0.2, 0) is 0 Å². The van der Waals surface area contributed by atoms with E-state index in [0.717, 1.165) is 64.7 Å². The molecule has 3 heterocycles. The molecule has 8 heteroatoms. The monoisotopic (exact) mass is 371 g/mol. The van der Waals surface area contributed by atoms with Gasteiger partial charge in [0.05, 0.1) is 11.9 Å². The van der Waals surface area contributed by atoms with Crippen LogP contribution in [0.25, 0.3) is 0 Å². The van der Waals surface area contributed by atoms with Crippen molar-refractivity contribution in [2.24, 2.45) is 0 Å². The first-order valence-electron chi connectivity index (χ1n) is 9.66. The third-order valence-corrected chi connectivity index (χ3v) is 5.43. The highest BCUT2D eigenvalue weighted by Gasteiger charge is 2.23. The third-order valence-electron chi connectivity index (χ3n) is 5.43. The van der Waals surface area contributed by atoms with E-state index in [1.807, 2.05) is 12.1 Å². The molecule has 2 aliphatic heterocycles. The van der Waals surface area contributed by atoms with E-state index >= 15 is 0 Å². The molecule has 0 radical (unpaired) electrons. The predicted molar refractivity (Wildman–Crippen MR) is 105 cm³/mol. The fourth-order valence-electron chi connectivity index (χ4n) is 3.72. The Morgan fingerprint density at radius 3 is 2.26 bits per heavy atom. The quantitative estimate of drug-likeness (QED) is 0.807. The topological polar surface area (TPSA) is 51.6 Å². The van der Waals surface area contributed by atoms with Crippen LogP contribution in [0.5, 0.6) is 0 Å². The summed E-state index contributed by atoms with van der Waals surface area (Å²) in [4.78, 5) is 13.7. The second-order valence-electron chi connectivity index (χ2n) is 6.96. The Hall–Kier alpha value is -2.48. The molecule has 7 nitrogen and oxygen atoms in total. The number of halogens is 1. The van der Waals surface area contributed by atoms with Crippen LogP contribution in [0.15, 0.2) is 30.5 Å². The summed E-state index contributed by atoms with van der Waals surface area (Å²) in [6.07, 6.45) is 1.75. The highest BCUT2D eigenvalue weighted by atomic mass is 19.1. The summed E-state index contributed by atoms with van der Waals surface area (Å²) >= 11 is 0. The van der Waals surface area contributed by atoms with E-state index in [1.165, 1.54) is 6.07 Å². The van der Waals surface area contributed by atoms with E-state index in [0.29, 0.717) is 11.6 Å². The maximum atomic E-state index is 14.0. The average Bonchev–Trinajstić information content (AvgIpc) is 2.74. The van der Waals surface area contributed by atoms with Crippen LogP contribution in [-0.4, -0.2) is 79.0 Å². The predicted octanol–water partition coefficient (Wildman–Crippen LogP) is 1.48. The Balaban J connectivity index is 1.40. The second-order valence-corrected chi connectivity index (χ2v) is 6.96. The molecule has 4 rings (SSSR count). The minimum Gasteiger partial charge on any atom is -0.366 e. The van der Waals surface area contributed by atoms with Crippen molar-refractivity contribution in [1.29, 1.82) is 0 Å². The first-order valence-corrected chi connectivity index (χ1v) is 9.66. The molecule has 2 fully saturated rings. The van der Waals surface area contributed by atoms with Gasteiger partial charge in [-0.2, -0.15) is 10.1 Å². The number of anilines is 3. The van der Waals surface area contributed by atoms with E-state index < -0.39 is 0 Å². The van der Waals surface area contributed by atoms with E-state index in [4.69, 9.17) is 4.98 Å². The van der Waals surface area contributed by atoms with Gasteiger partial charge in [-0.1, -0.05) is 19.1 Å². The van der Waals surface area contributed by atoms with Gasteiger partial charge >= 0.3 is 0 Å². The molecule has 0 saturated carbocycles. The van der Waals surface area contributed by atoms with Crippen molar-refractivity contribution in [3.8, 4) is 0 Å². The molecule has 144 valence electrons. The summed E-state index contributed by atoms with van der Waals surface area (Å²) in [6.45, 7) is 10.3. The summed E-state index contributed by atoms with van der Waals surface area (Å²) in [7, 11) is 0. The molecule has 0 atom stereocenters. The number of aromatic nitrogens is 3. The average molecular weight is 371 g/mol. The van der Waals surface area contributed by atoms with Crippen molar-refractivity contribution in [1.82, 2.24) is 20.1 Å². The number of nitrogens with zero attached hydrogens (tertiary/aromatic N) is 7. The van der Waals surface area contributed by atoms with Crippen molar-refractivity contribution >= 4 is 17.5 Å². The zero-order valence-corrected chi connectivity index (χ0v) is 15.8. The van der Waals surface area contributed by atoms with Crippen molar-refractivity contribution in [2.75, 3.05) is 73.6 Å². The molecule has 0 spiro atoms. The molecular formula is C19H26FN7. The zero-order chi connectivity index (χ0) is 18.6. The van der Waals surface area contributed by atoms with Gasteiger partial charge in [0.15, 0.2) is 5.82 Å². The van der Waals surface area contributed by atoms with Gasteiger partial charge < -0.3 is 19.6 Å². The molecule has 1 aromatic heterocycles. The normalized spacial score (nSPS) is 18.8. The van der Waals surface area contributed by atoms with Crippen LogP contribution in [0.3, 0.4) is 0 Å². The van der Waals surface area contributed by atoms with E-state index in [2.05, 4.69) is 36.7 Å². The molecule has 0 unspecified atom stereocenters. The van der Waals surface area contributed by atoms with Gasteiger partial charge in [-0.05, 0) is 18.7 Å². The van der Waals surface area contributed by atoms with Crippen molar-refractivity contribution in [3.63, 3.8) is 0 Å². The van der Waals surface area contributed by atoms with Gasteiger partial charge in [-0.25, -0.2) is 4.39 Å². The number of likely N-dealkylation sites (N-methyl/N-ethyl adjacent to an activating group) is 1. The molecule has 2 aliphatic rings. The lowest BCUT2D eigenvalue weighted by Crippen LogP contribution is -2.48. The van der Waals surface area contributed by atoms with E-state index in [9.17, 15) is 4.39 Å². The van der Waals surface area contributed by atoms with Crippen LogP contribution >= 0.6 is 0 Å². The first-order chi connectivity index (χ1) is 13.2. The standard InChI is InChI=1S/C19H26FN7/c1-2-24-7-9-26(10-8-24)18-15-21-23-19(22-18)27-13-11-25(12-14-27)17-6-4-3-5-16(17)20/h3-6,15H,2,7-14H2,1H3. The lowest BCUT2D eigenvalue weighted by molar-refractivity contribution is 0.270. The van der Waals surface area contributed by atoms with Crippen LogP contribution in [0.1, 0.15) is 6.92 Å². The van der Waals surface area contributed by atoms with Gasteiger partial charge in [0.2, 0.25) is 5.95 Å². The first kappa shape index (κ1) is 17.9. The van der Waals surface area contributed by atoms with Crippen molar-refractivity contribution < 1.29 is 4.39 Å². The van der Waals surface area contributed by atoms with Crippen LogP contribution in [0.2, 0.25) is 0 Å². The number of piperazine rings is 2. The van der Waals surface area contributed by atoms with Crippen LogP contribution < -0.4 is 14.7 Å². The number of rotatable bonds is 4. The maximum Gasteiger partial charge on any atom is 0.247 e. The molecule has 2 saturated heterocycles. The Bertz CT molecular complexity index is 755. The van der Waals surface area contributed by atoms with Crippen molar-refractivity contribution in [2.45, 2.75) is 6.92 Å². The van der Waals surface area contributed by atoms with Gasteiger partial charge in [-0.15, -0.1) is 5.10 Å². The third kappa shape index (κ3) is 3.95. The Labute approximate surface area is 159 Å². The molecule has 1 aromatic carbocycles. The van der Waals surface area contributed by atoms with E-state index in [1.54, 1.807) is 12.3 Å². The largest absolute Gasteiger partial charge is 0.366 e. The molecule has 2 aromatic rings. The minimum absolute atomic E-state index is 0.169. The van der Waals surface area contributed by atoms with Gasteiger partial charge in [0.25, 0.3) is 0 Å². The van der Waals surface area contributed by atoms with Gasteiger partial charge in [0, 0.05) is 52.4 Å². The molecular weight excluding hydrogens is 345 g/mol. The summed E-state index contributed by atoms with van der Waals surface area (Å²) in [5, 5.41) is 8.42. The lowest BCUT2D eigenvalue weighted by atomic mass is 10.2. The fourth-order valence-corrected chi connectivity index (χ4v) is 3.72. The number of hydrogen-bond acceptors (Lipinski definition) is 7. The molecule has 27 heavy (non-hydrogen) atoms. The smallest absolute Gasteiger partial charge is 0.247 e. The van der Waals surface area contributed by atoms with E-state index in [-0.39, 0.29) is 5.82 Å². The number of benzene rings is 1. The number of hydrogen-bond donors (Lipinski definition) is 0. The zero-order valence-electron chi connectivity index (χ0n) is 15.8. The summed E-state index contributed by atoms with van der Waals surface area (Å²) in [6, 6.07) is 6.94. The Morgan fingerprint density at radius 1 is 0.889 bits per heavy atom. The SMILES string of the molecule is CCN1CCN(c2cnnc(N3CCN(c4ccccc4F)CC3)n2)CC1. The highest BCUT2D eigenvalue weighted by molar-refractivity contribution is 5.50. The minimum atomic E-state index is -0.169. The summed E-state index contributed by atoms with van der Waals surface area (Å²) in [5.74, 6) is 1.39.